The van der Waals surface area contributed by atoms with Crippen LogP contribution < -0.4 is 15.5 Å². The van der Waals surface area contributed by atoms with Crippen molar-refractivity contribution in [2.24, 2.45) is 5.92 Å². The van der Waals surface area contributed by atoms with Gasteiger partial charge in [0.05, 0.1) is 31.7 Å². The van der Waals surface area contributed by atoms with E-state index >= 15 is 0 Å². The highest BCUT2D eigenvalue weighted by Gasteiger charge is 2.26. The van der Waals surface area contributed by atoms with Crippen LogP contribution in [0.4, 0.5) is 10.7 Å². The third kappa shape index (κ3) is 6.22. The second kappa shape index (κ2) is 11.9. The number of fused-ring (bicyclic) bond motifs is 1. The molecule has 2 N–H and O–H groups in total. The molecule has 5 heterocycles. The quantitative estimate of drug-likeness (QED) is 0.211. The topological polar surface area (TPSA) is 117 Å². The summed E-state index contributed by atoms with van der Waals surface area (Å²) in [5, 5.41) is 7.80. The minimum Gasteiger partial charge on any atom is -0.341 e. The maximum absolute atomic E-state index is 11.9. The number of nitrogens with zero attached hydrogens (tertiary/aromatic N) is 4. The Labute approximate surface area is 245 Å². The molecule has 2 saturated heterocycles. The summed E-state index contributed by atoms with van der Waals surface area (Å²) in [5.74, 6) is 0.832. The molecule has 6 rings (SSSR count). The Kier molecular flexibility index (Phi) is 7.91. The van der Waals surface area contributed by atoms with Crippen LogP contribution in [-0.4, -0.2) is 51.5 Å². The number of rotatable bonds is 8. The number of ketones is 1. The predicted molar refractivity (Wildman–Crippen MR) is 163 cm³/mol. The van der Waals surface area contributed by atoms with Gasteiger partial charge in [-0.05, 0) is 79.7 Å². The minimum absolute atomic E-state index is 0.0708. The van der Waals surface area contributed by atoms with Gasteiger partial charge in [-0.15, -0.1) is 11.3 Å². The van der Waals surface area contributed by atoms with Crippen LogP contribution in [0.15, 0.2) is 59.6 Å². The van der Waals surface area contributed by atoms with Gasteiger partial charge in [0.15, 0.2) is 5.78 Å². The SMILES string of the molecule is CC(=O)c1ccc(-c2cc3ccccc3c(CNCC3CCN(c4nccc(C=C5SC(=O)NC5=O)n4)CC3)n2)s1. The molecule has 9 nitrogen and oxygen atoms in total. The third-order valence-corrected chi connectivity index (χ3v) is 9.25. The van der Waals surface area contributed by atoms with E-state index in [1.54, 1.807) is 25.3 Å². The summed E-state index contributed by atoms with van der Waals surface area (Å²) in [6.07, 6.45) is 5.32. The number of hydrogen-bond donors (Lipinski definition) is 2. The molecule has 208 valence electrons. The molecule has 0 unspecified atom stereocenters. The van der Waals surface area contributed by atoms with Crippen molar-refractivity contribution in [3.05, 3.63) is 75.9 Å². The lowest BCUT2D eigenvalue weighted by atomic mass is 9.97. The van der Waals surface area contributed by atoms with Crippen molar-refractivity contribution in [2.75, 3.05) is 24.5 Å². The first-order valence-electron chi connectivity index (χ1n) is 13.5. The average Bonchev–Trinajstić information content (AvgIpc) is 3.60. The number of anilines is 1. The molecule has 0 bridgehead atoms. The summed E-state index contributed by atoms with van der Waals surface area (Å²) in [7, 11) is 0. The minimum atomic E-state index is -0.392. The van der Waals surface area contributed by atoms with Gasteiger partial charge in [-0.3, -0.25) is 19.7 Å². The second-order valence-corrected chi connectivity index (χ2v) is 12.2. The highest BCUT2D eigenvalue weighted by Crippen LogP contribution is 2.31. The molecule has 1 aromatic carbocycles. The van der Waals surface area contributed by atoms with E-state index in [0.29, 0.717) is 29.0 Å². The number of benzene rings is 1. The van der Waals surface area contributed by atoms with Gasteiger partial charge in [-0.2, -0.15) is 0 Å². The number of thiophene rings is 1. The highest BCUT2D eigenvalue weighted by atomic mass is 32.2. The number of amides is 2. The third-order valence-electron chi connectivity index (χ3n) is 7.23. The van der Waals surface area contributed by atoms with Crippen LogP contribution in [0.25, 0.3) is 27.4 Å². The zero-order valence-electron chi connectivity index (χ0n) is 22.4. The molecule has 2 aliphatic rings. The van der Waals surface area contributed by atoms with E-state index in [-0.39, 0.29) is 11.0 Å². The summed E-state index contributed by atoms with van der Waals surface area (Å²) in [5.41, 5.74) is 2.50. The lowest BCUT2D eigenvalue weighted by molar-refractivity contribution is -0.115. The second-order valence-electron chi connectivity index (χ2n) is 10.1. The molecule has 2 fully saturated rings. The van der Waals surface area contributed by atoms with E-state index in [0.717, 1.165) is 76.2 Å². The molecule has 4 aromatic rings. The first kappa shape index (κ1) is 27.3. The van der Waals surface area contributed by atoms with Crippen LogP contribution in [0.3, 0.4) is 0 Å². The fourth-order valence-electron chi connectivity index (χ4n) is 5.08. The van der Waals surface area contributed by atoms with Crippen molar-refractivity contribution >= 4 is 62.8 Å². The number of carbonyl (C=O) groups is 3. The number of carbonyl (C=O) groups excluding carboxylic acids is 3. The first-order valence-corrected chi connectivity index (χ1v) is 15.1. The van der Waals surface area contributed by atoms with E-state index in [4.69, 9.17) is 4.98 Å². The van der Waals surface area contributed by atoms with Gasteiger partial charge < -0.3 is 10.2 Å². The van der Waals surface area contributed by atoms with E-state index in [1.165, 1.54) is 11.3 Å². The lowest BCUT2D eigenvalue weighted by Crippen LogP contribution is -2.38. The molecule has 0 atom stereocenters. The van der Waals surface area contributed by atoms with Crippen LogP contribution in [-0.2, 0) is 11.3 Å². The number of imide groups is 1. The van der Waals surface area contributed by atoms with Crippen molar-refractivity contribution in [2.45, 2.75) is 26.3 Å². The van der Waals surface area contributed by atoms with Crippen LogP contribution in [0.1, 0.15) is 40.8 Å². The van der Waals surface area contributed by atoms with Crippen LogP contribution in [0.2, 0.25) is 0 Å². The zero-order valence-corrected chi connectivity index (χ0v) is 24.1. The van der Waals surface area contributed by atoms with E-state index in [1.807, 2.05) is 24.3 Å². The largest absolute Gasteiger partial charge is 0.341 e. The van der Waals surface area contributed by atoms with E-state index in [2.05, 4.69) is 43.7 Å². The fraction of sp³-hybridized carbons (Fsp3) is 0.267. The summed E-state index contributed by atoms with van der Waals surface area (Å²) >= 11 is 2.36. The van der Waals surface area contributed by atoms with Crippen molar-refractivity contribution in [3.63, 3.8) is 0 Å². The monoisotopic (exact) mass is 584 g/mol. The smallest absolute Gasteiger partial charge is 0.290 e. The van der Waals surface area contributed by atoms with Crippen LogP contribution in [0, 0.1) is 5.92 Å². The van der Waals surface area contributed by atoms with E-state index < -0.39 is 5.91 Å². The van der Waals surface area contributed by atoms with Gasteiger partial charge in [0.25, 0.3) is 11.1 Å². The molecule has 2 amide bonds. The van der Waals surface area contributed by atoms with Gasteiger partial charge in [0.2, 0.25) is 5.95 Å². The normalized spacial score (nSPS) is 17.0. The Balaban J connectivity index is 1.07. The Morgan fingerprint density at radius 2 is 1.95 bits per heavy atom. The average molecular weight is 585 g/mol. The van der Waals surface area contributed by atoms with Crippen LogP contribution >= 0.6 is 23.1 Å². The highest BCUT2D eigenvalue weighted by molar-refractivity contribution is 8.18. The number of hydrogen-bond acceptors (Lipinski definition) is 10. The number of nitrogens with one attached hydrogen (secondary N) is 2. The zero-order chi connectivity index (χ0) is 28.3. The molecule has 0 spiro atoms. The Morgan fingerprint density at radius 3 is 2.71 bits per heavy atom. The number of thioether (sulfide) groups is 1. The Morgan fingerprint density at radius 1 is 1.12 bits per heavy atom. The van der Waals surface area contributed by atoms with Gasteiger partial charge in [-0.1, -0.05) is 24.3 Å². The first-order chi connectivity index (χ1) is 19.9. The number of pyridine rings is 1. The van der Waals surface area contributed by atoms with Crippen molar-refractivity contribution in [1.82, 2.24) is 25.6 Å². The molecule has 3 aromatic heterocycles. The van der Waals surface area contributed by atoms with E-state index in [9.17, 15) is 14.4 Å². The summed E-state index contributed by atoms with van der Waals surface area (Å²) < 4.78 is 0. The Bertz CT molecular complexity index is 1680. The number of Topliss-reactive ketones (excluding diaryl/α,β-unsaturated/α-hetero) is 1. The van der Waals surface area contributed by atoms with Crippen molar-refractivity contribution in [3.8, 4) is 10.6 Å². The number of piperidine rings is 1. The van der Waals surface area contributed by atoms with Gasteiger partial charge >= 0.3 is 0 Å². The Hall–Kier alpha value is -3.93. The molecule has 2 aliphatic heterocycles. The number of aromatic nitrogens is 3. The summed E-state index contributed by atoms with van der Waals surface area (Å²) in [6.45, 7) is 4.82. The summed E-state index contributed by atoms with van der Waals surface area (Å²) in [4.78, 5) is 53.4. The standard InChI is InChI=1S/C30H28N6O3S2/c1-18(37)25-6-7-26(40-25)23-14-20-4-2-3-5-22(20)24(34-23)17-31-16-19-9-12-36(13-10-19)29-32-11-8-21(33-29)15-27-28(38)35-30(39)41-27/h2-8,11,14-15,19,31H,9-10,12-13,16-17H2,1H3,(H,35,38,39). The van der Waals surface area contributed by atoms with Gasteiger partial charge in [0, 0.05) is 31.2 Å². The molecular weight excluding hydrogens is 557 g/mol. The lowest BCUT2D eigenvalue weighted by Gasteiger charge is -2.32. The molecule has 0 radical (unpaired) electrons. The molecule has 0 saturated carbocycles. The van der Waals surface area contributed by atoms with Gasteiger partial charge in [0.1, 0.15) is 0 Å². The molecule has 0 aliphatic carbocycles. The molecule has 11 heteroatoms. The maximum Gasteiger partial charge on any atom is 0.290 e. The van der Waals surface area contributed by atoms with Crippen molar-refractivity contribution in [1.29, 1.82) is 0 Å². The summed E-state index contributed by atoms with van der Waals surface area (Å²) in [6, 6.07) is 16.0. The molecular formula is C30H28N6O3S2. The fourth-order valence-corrected chi connectivity index (χ4v) is 6.61. The van der Waals surface area contributed by atoms with Crippen LogP contribution in [0.5, 0.6) is 0 Å². The van der Waals surface area contributed by atoms with Crippen molar-refractivity contribution < 1.29 is 14.4 Å². The maximum atomic E-state index is 11.9. The molecule has 41 heavy (non-hydrogen) atoms. The predicted octanol–water partition coefficient (Wildman–Crippen LogP) is 5.29. The van der Waals surface area contributed by atoms with Gasteiger partial charge in [-0.25, -0.2) is 15.0 Å².